The molecule has 0 spiro atoms. The Kier molecular flexibility index (Phi) is 4.25. The summed E-state index contributed by atoms with van der Waals surface area (Å²) in [6.07, 6.45) is 0.761. The van der Waals surface area contributed by atoms with Crippen LogP contribution in [0.3, 0.4) is 0 Å². The number of rotatable bonds is 5. The van der Waals surface area contributed by atoms with Crippen molar-refractivity contribution < 1.29 is 14.3 Å². The quantitative estimate of drug-likeness (QED) is 0.823. The molecule has 0 amide bonds. The van der Waals surface area contributed by atoms with Crippen LogP contribution >= 0.6 is 11.6 Å². The molecule has 1 saturated carbocycles. The second kappa shape index (κ2) is 5.72. The molecule has 0 heterocycles. The Hall–Kier alpha value is -1.06. The first kappa shape index (κ1) is 13.4. The van der Waals surface area contributed by atoms with Crippen LogP contribution < -0.4 is 4.74 Å². The highest BCUT2D eigenvalue weighted by Crippen LogP contribution is 2.29. The molecule has 2 rings (SSSR count). The average Bonchev–Trinajstić information content (AvgIpc) is 2.32. The summed E-state index contributed by atoms with van der Waals surface area (Å²) in [7, 11) is 0. The zero-order valence-electron chi connectivity index (χ0n) is 10.6. The predicted molar refractivity (Wildman–Crippen MR) is 70.3 cm³/mol. The van der Waals surface area contributed by atoms with Gasteiger partial charge in [-0.15, -0.1) is 0 Å². The van der Waals surface area contributed by atoms with E-state index in [0.717, 1.165) is 17.7 Å². The zero-order chi connectivity index (χ0) is 13.1. The highest BCUT2D eigenvalue weighted by molar-refractivity contribution is 6.30. The van der Waals surface area contributed by atoms with E-state index in [4.69, 9.17) is 21.1 Å². The fourth-order valence-corrected chi connectivity index (χ4v) is 2.15. The molecule has 4 heteroatoms. The first-order valence-corrected chi connectivity index (χ1v) is 6.56. The van der Waals surface area contributed by atoms with Crippen LogP contribution in [0, 0.1) is 6.92 Å². The Morgan fingerprint density at radius 2 is 2.22 bits per heavy atom. The van der Waals surface area contributed by atoms with Gasteiger partial charge in [0.2, 0.25) is 0 Å². The van der Waals surface area contributed by atoms with E-state index in [2.05, 4.69) is 0 Å². The lowest BCUT2D eigenvalue weighted by atomic mass is 9.90. The zero-order valence-corrected chi connectivity index (χ0v) is 11.4. The monoisotopic (exact) mass is 268 g/mol. The maximum atomic E-state index is 11.4. The minimum absolute atomic E-state index is 0.125. The van der Waals surface area contributed by atoms with E-state index in [1.807, 2.05) is 26.0 Å². The molecular formula is C14H17ClO3. The Morgan fingerprint density at radius 1 is 1.44 bits per heavy atom. The van der Waals surface area contributed by atoms with Crippen molar-refractivity contribution in [2.24, 2.45) is 0 Å². The molecule has 0 saturated heterocycles. The SMILES string of the molecule is CCCOC1C(=O)CC1Oc1ccc(Cl)cc1C. The third-order valence-electron chi connectivity index (χ3n) is 2.97. The van der Waals surface area contributed by atoms with E-state index in [0.29, 0.717) is 18.1 Å². The van der Waals surface area contributed by atoms with Crippen LogP contribution in [0.2, 0.25) is 5.02 Å². The average molecular weight is 269 g/mol. The van der Waals surface area contributed by atoms with E-state index in [9.17, 15) is 4.79 Å². The fraction of sp³-hybridized carbons (Fsp3) is 0.500. The summed E-state index contributed by atoms with van der Waals surface area (Å²) in [5.41, 5.74) is 0.969. The number of Topliss-reactive ketones (excluding diaryl/α,β-unsaturated/α-hetero) is 1. The van der Waals surface area contributed by atoms with Crippen molar-refractivity contribution in [1.29, 1.82) is 0 Å². The number of benzene rings is 1. The van der Waals surface area contributed by atoms with Crippen molar-refractivity contribution in [2.75, 3.05) is 6.61 Å². The van der Waals surface area contributed by atoms with Crippen molar-refractivity contribution in [3.05, 3.63) is 28.8 Å². The summed E-state index contributed by atoms with van der Waals surface area (Å²) in [4.78, 5) is 11.4. The van der Waals surface area contributed by atoms with Crippen LogP contribution in [-0.4, -0.2) is 24.6 Å². The number of ether oxygens (including phenoxy) is 2. The summed E-state index contributed by atoms with van der Waals surface area (Å²) >= 11 is 5.89. The molecule has 1 aliphatic carbocycles. The number of ketones is 1. The van der Waals surface area contributed by atoms with Gasteiger partial charge in [-0.3, -0.25) is 4.79 Å². The summed E-state index contributed by atoms with van der Waals surface area (Å²) in [5.74, 6) is 0.891. The minimum atomic E-state index is -0.403. The van der Waals surface area contributed by atoms with Crippen LogP contribution in [-0.2, 0) is 9.53 Å². The van der Waals surface area contributed by atoms with Crippen molar-refractivity contribution in [1.82, 2.24) is 0 Å². The number of halogens is 1. The van der Waals surface area contributed by atoms with Crippen molar-refractivity contribution >= 4 is 17.4 Å². The lowest BCUT2D eigenvalue weighted by Gasteiger charge is -2.35. The summed E-state index contributed by atoms with van der Waals surface area (Å²) < 4.78 is 11.3. The van der Waals surface area contributed by atoms with Gasteiger partial charge in [-0.2, -0.15) is 0 Å². The van der Waals surface area contributed by atoms with Gasteiger partial charge in [0.1, 0.15) is 11.9 Å². The molecule has 98 valence electrons. The maximum absolute atomic E-state index is 11.4. The molecule has 0 N–H and O–H groups in total. The second-order valence-electron chi connectivity index (χ2n) is 4.53. The van der Waals surface area contributed by atoms with Gasteiger partial charge in [-0.25, -0.2) is 0 Å². The van der Waals surface area contributed by atoms with Crippen LogP contribution in [0.1, 0.15) is 25.3 Å². The molecular weight excluding hydrogens is 252 g/mol. The predicted octanol–water partition coefficient (Wildman–Crippen LogP) is 3.16. The van der Waals surface area contributed by atoms with Crippen LogP contribution in [0.4, 0.5) is 0 Å². The van der Waals surface area contributed by atoms with Crippen LogP contribution in [0.15, 0.2) is 18.2 Å². The van der Waals surface area contributed by atoms with Gasteiger partial charge in [0.25, 0.3) is 0 Å². The molecule has 18 heavy (non-hydrogen) atoms. The summed E-state index contributed by atoms with van der Waals surface area (Å²) in [6.45, 7) is 4.54. The third kappa shape index (κ3) is 2.85. The molecule has 1 aromatic rings. The maximum Gasteiger partial charge on any atom is 0.169 e. The molecule has 0 aliphatic heterocycles. The molecule has 1 aromatic carbocycles. The molecule has 0 bridgehead atoms. The molecule has 1 aliphatic rings. The van der Waals surface area contributed by atoms with E-state index in [1.165, 1.54) is 0 Å². The second-order valence-corrected chi connectivity index (χ2v) is 4.96. The lowest BCUT2D eigenvalue weighted by Crippen LogP contribution is -2.52. The first-order valence-electron chi connectivity index (χ1n) is 6.19. The van der Waals surface area contributed by atoms with Gasteiger partial charge in [0, 0.05) is 18.1 Å². The number of hydrogen-bond donors (Lipinski definition) is 0. The smallest absolute Gasteiger partial charge is 0.169 e. The van der Waals surface area contributed by atoms with Gasteiger partial charge in [-0.1, -0.05) is 18.5 Å². The molecule has 0 radical (unpaired) electrons. The van der Waals surface area contributed by atoms with Gasteiger partial charge < -0.3 is 9.47 Å². The highest BCUT2D eigenvalue weighted by atomic mass is 35.5. The Bertz CT molecular complexity index is 445. The molecule has 2 unspecified atom stereocenters. The van der Waals surface area contributed by atoms with E-state index < -0.39 is 6.10 Å². The Labute approximate surface area is 112 Å². The number of carbonyl (C=O) groups excluding carboxylic acids is 1. The van der Waals surface area contributed by atoms with Gasteiger partial charge in [0.05, 0.1) is 0 Å². The normalized spacial score (nSPS) is 22.7. The van der Waals surface area contributed by atoms with Crippen LogP contribution in [0.5, 0.6) is 5.75 Å². The topological polar surface area (TPSA) is 35.5 Å². The fourth-order valence-electron chi connectivity index (χ4n) is 1.93. The first-order chi connectivity index (χ1) is 8.61. The summed E-state index contributed by atoms with van der Waals surface area (Å²) in [5, 5.41) is 0.684. The number of hydrogen-bond acceptors (Lipinski definition) is 3. The summed E-state index contributed by atoms with van der Waals surface area (Å²) in [6, 6.07) is 5.46. The number of carbonyl (C=O) groups is 1. The van der Waals surface area contributed by atoms with E-state index >= 15 is 0 Å². The minimum Gasteiger partial charge on any atom is -0.486 e. The van der Waals surface area contributed by atoms with Crippen molar-refractivity contribution in [2.45, 2.75) is 38.9 Å². The van der Waals surface area contributed by atoms with E-state index in [-0.39, 0.29) is 11.9 Å². The lowest BCUT2D eigenvalue weighted by molar-refractivity contribution is -0.154. The Morgan fingerprint density at radius 3 is 2.83 bits per heavy atom. The standard InChI is InChI=1S/C14H17ClO3/c1-3-6-17-14-11(16)8-13(14)18-12-5-4-10(15)7-9(12)2/h4-5,7,13-14H,3,6,8H2,1-2H3. The van der Waals surface area contributed by atoms with Crippen LogP contribution in [0.25, 0.3) is 0 Å². The van der Waals surface area contributed by atoms with Gasteiger partial charge in [0.15, 0.2) is 11.9 Å². The van der Waals surface area contributed by atoms with Crippen molar-refractivity contribution in [3.63, 3.8) is 0 Å². The van der Waals surface area contributed by atoms with Gasteiger partial charge >= 0.3 is 0 Å². The molecule has 1 fully saturated rings. The molecule has 2 atom stereocenters. The van der Waals surface area contributed by atoms with Gasteiger partial charge in [-0.05, 0) is 37.1 Å². The molecule has 0 aromatic heterocycles. The highest BCUT2D eigenvalue weighted by Gasteiger charge is 2.42. The largest absolute Gasteiger partial charge is 0.486 e. The Balaban J connectivity index is 1.99. The van der Waals surface area contributed by atoms with Crippen molar-refractivity contribution in [3.8, 4) is 5.75 Å². The number of aryl methyl sites for hydroxylation is 1. The van der Waals surface area contributed by atoms with E-state index in [1.54, 1.807) is 6.07 Å². The molecule has 3 nitrogen and oxygen atoms in total. The third-order valence-corrected chi connectivity index (χ3v) is 3.21.